The van der Waals surface area contributed by atoms with Crippen molar-refractivity contribution in [2.75, 3.05) is 12.3 Å². The van der Waals surface area contributed by atoms with Crippen molar-refractivity contribution in [3.05, 3.63) is 29.1 Å². The molecule has 1 fully saturated rings. The third-order valence-electron chi connectivity index (χ3n) is 3.61. The smallest absolute Gasteiger partial charge is 0.214 e. The minimum Gasteiger partial charge on any atom is -0.258 e. The zero-order valence-electron chi connectivity index (χ0n) is 11.9. The van der Waals surface area contributed by atoms with E-state index in [1.165, 1.54) is 0 Å². The van der Waals surface area contributed by atoms with Gasteiger partial charge in [-0.05, 0) is 37.3 Å². The number of sulfonamides is 1. The van der Waals surface area contributed by atoms with Crippen LogP contribution in [0.5, 0.6) is 0 Å². The number of pyridine rings is 1. The molecule has 1 aliphatic rings. The van der Waals surface area contributed by atoms with Gasteiger partial charge < -0.3 is 0 Å². The summed E-state index contributed by atoms with van der Waals surface area (Å²) >= 11 is 0. The molecule has 2 heterocycles. The SMILES string of the molecule is Cc1nc(C(C)C)ccc1CN1CCCCS1(=O)=O. The van der Waals surface area contributed by atoms with Crippen LogP contribution in [0.15, 0.2) is 12.1 Å². The number of aryl methyl sites for hydroxylation is 1. The summed E-state index contributed by atoms with van der Waals surface area (Å²) in [6.45, 7) is 7.26. The third-order valence-corrected chi connectivity index (χ3v) is 5.51. The predicted molar refractivity (Wildman–Crippen MR) is 76.5 cm³/mol. The molecule has 0 bridgehead atoms. The van der Waals surface area contributed by atoms with Gasteiger partial charge in [0.1, 0.15) is 0 Å². The number of nitrogens with zero attached hydrogens (tertiary/aromatic N) is 2. The van der Waals surface area contributed by atoms with Crippen LogP contribution < -0.4 is 0 Å². The Morgan fingerprint density at radius 2 is 2.05 bits per heavy atom. The van der Waals surface area contributed by atoms with E-state index in [2.05, 4.69) is 18.8 Å². The molecule has 1 aromatic rings. The summed E-state index contributed by atoms with van der Waals surface area (Å²) < 4.78 is 25.5. The second-order valence-corrected chi connectivity index (χ2v) is 7.58. The predicted octanol–water partition coefficient (Wildman–Crippen LogP) is 2.44. The first-order valence-electron chi connectivity index (χ1n) is 6.84. The van der Waals surface area contributed by atoms with Crippen LogP contribution in [0.4, 0.5) is 0 Å². The Labute approximate surface area is 115 Å². The van der Waals surface area contributed by atoms with Crippen LogP contribution in [0.3, 0.4) is 0 Å². The highest BCUT2D eigenvalue weighted by molar-refractivity contribution is 7.89. The van der Waals surface area contributed by atoms with E-state index in [4.69, 9.17) is 0 Å². The van der Waals surface area contributed by atoms with Gasteiger partial charge in [0.15, 0.2) is 0 Å². The number of hydrogen-bond acceptors (Lipinski definition) is 3. The summed E-state index contributed by atoms with van der Waals surface area (Å²) in [5.74, 6) is 0.676. The van der Waals surface area contributed by atoms with E-state index in [0.29, 0.717) is 19.0 Å². The lowest BCUT2D eigenvalue weighted by Gasteiger charge is -2.26. The molecule has 1 aromatic heterocycles. The van der Waals surface area contributed by atoms with Crippen molar-refractivity contribution in [1.82, 2.24) is 9.29 Å². The van der Waals surface area contributed by atoms with E-state index in [0.717, 1.165) is 29.8 Å². The average molecular weight is 282 g/mol. The first kappa shape index (κ1) is 14.5. The second kappa shape index (κ2) is 5.59. The standard InChI is InChI=1S/C14H22N2O2S/c1-11(2)14-7-6-13(12(3)15-14)10-16-8-4-5-9-19(16,17)18/h6-7,11H,4-5,8-10H2,1-3H3. The minimum atomic E-state index is -3.06. The highest BCUT2D eigenvalue weighted by Gasteiger charge is 2.26. The van der Waals surface area contributed by atoms with Gasteiger partial charge in [0, 0.05) is 24.5 Å². The van der Waals surface area contributed by atoms with Gasteiger partial charge in [-0.25, -0.2) is 8.42 Å². The number of rotatable bonds is 3. The maximum absolute atomic E-state index is 12.0. The van der Waals surface area contributed by atoms with E-state index in [1.807, 2.05) is 19.1 Å². The van der Waals surface area contributed by atoms with Crippen LogP contribution in [-0.2, 0) is 16.6 Å². The van der Waals surface area contributed by atoms with Crippen molar-refractivity contribution >= 4 is 10.0 Å². The van der Waals surface area contributed by atoms with Gasteiger partial charge in [-0.1, -0.05) is 19.9 Å². The normalized spacial score (nSPS) is 19.8. The van der Waals surface area contributed by atoms with E-state index in [9.17, 15) is 8.42 Å². The monoisotopic (exact) mass is 282 g/mol. The lowest BCUT2D eigenvalue weighted by Crippen LogP contribution is -2.37. The summed E-state index contributed by atoms with van der Waals surface area (Å²) in [4.78, 5) is 4.56. The molecule has 0 atom stereocenters. The van der Waals surface area contributed by atoms with Gasteiger partial charge >= 0.3 is 0 Å². The van der Waals surface area contributed by atoms with Crippen LogP contribution in [0.1, 0.15) is 49.6 Å². The van der Waals surface area contributed by atoms with Crippen LogP contribution in [-0.4, -0.2) is 30.0 Å². The molecule has 0 aromatic carbocycles. The van der Waals surface area contributed by atoms with E-state index in [-0.39, 0.29) is 5.75 Å². The minimum absolute atomic E-state index is 0.281. The fraction of sp³-hybridized carbons (Fsp3) is 0.643. The molecule has 0 spiro atoms. The molecule has 4 nitrogen and oxygen atoms in total. The fourth-order valence-electron chi connectivity index (χ4n) is 2.31. The van der Waals surface area contributed by atoms with E-state index < -0.39 is 10.0 Å². The van der Waals surface area contributed by atoms with Gasteiger partial charge in [0.05, 0.1) is 5.75 Å². The number of aromatic nitrogens is 1. The van der Waals surface area contributed by atoms with Crippen molar-refractivity contribution in [1.29, 1.82) is 0 Å². The Bertz CT molecular complexity index is 553. The van der Waals surface area contributed by atoms with Gasteiger partial charge in [-0.2, -0.15) is 4.31 Å². The molecule has 0 amide bonds. The Kier molecular flexibility index (Phi) is 4.26. The second-order valence-electron chi connectivity index (χ2n) is 5.49. The molecule has 1 aliphatic heterocycles. The number of hydrogen-bond donors (Lipinski definition) is 0. The van der Waals surface area contributed by atoms with Crippen molar-refractivity contribution in [2.45, 2.75) is 46.1 Å². The van der Waals surface area contributed by atoms with Crippen LogP contribution in [0.25, 0.3) is 0 Å². The fourth-order valence-corrected chi connectivity index (χ4v) is 3.88. The molecule has 0 N–H and O–H groups in total. The zero-order chi connectivity index (χ0) is 14.0. The van der Waals surface area contributed by atoms with Gasteiger partial charge in [0.2, 0.25) is 10.0 Å². The van der Waals surface area contributed by atoms with E-state index in [1.54, 1.807) is 4.31 Å². The molecule has 0 aliphatic carbocycles. The molecular formula is C14H22N2O2S. The van der Waals surface area contributed by atoms with Crippen LogP contribution >= 0.6 is 0 Å². The lowest BCUT2D eigenvalue weighted by atomic mass is 10.1. The van der Waals surface area contributed by atoms with Crippen LogP contribution in [0, 0.1) is 6.92 Å². The summed E-state index contributed by atoms with van der Waals surface area (Å²) in [6, 6.07) is 4.02. The van der Waals surface area contributed by atoms with Crippen molar-refractivity contribution < 1.29 is 8.42 Å². The summed E-state index contributed by atoms with van der Waals surface area (Å²) in [7, 11) is -3.06. The maximum Gasteiger partial charge on any atom is 0.214 e. The average Bonchev–Trinajstić information content (AvgIpc) is 2.33. The molecule has 2 rings (SSSR count). The summed E-state index contributed by atoms with van der Waals surface area (Å²) in [5.41, 5.74) is 3.00. The Morgan fingerprint density at radius 1 is 1.32 bits per heavy atom. The van der Waals surface area contributed by atoms with Crippen LogP contribution in [0.2, 0.25) is 0 Å². The first-order chi connectivity index (χ1) is 8.90. The van der Waals surface area contributed by atoms with Crippen molar-refractivity contribution in [2.24, 2.45) is 0 Å². The summed E-state index contributed by atoms with van der Waals surface area (Å²) in [5, 5.41) is 0. The van der Waals surface area contributed by atoms with Gasteiger partial charge in [-0.3, -0.25) is 4.98 Å². The molecule has 5 heteroatoms. The quantitative estimate of drug-likeness (QED) is 0.855. The van der Waals surface area contributed by atoms with Crippen molar-refractivity contribution in [3.8, 4) is 0 Å². The molecular weight excluding hydrogens is 260 g/mol. The van der Waals surface area contributed by atoms with E-state index >= 15 is 0 Å². The van der Waals surface area contributed by atoms with Gasteiger partial charge in [-0.15, -0.1) is 0 Å². The first-order valence-corrected chi connectivity index (χ1v) is 8.45. The topological polar surface area (TPSA) is 50.3 Å². The molecule has 0 saturated carbocycles. The lowest BCUT2D eigenvalue weighted by molar-refractivity contribution is 0.377. The zero-order valence-corrected chi connectivity index (χ0v) is 12.7. The Morgan fingerprint density at radius 3 is 2.63 bits per heavy atom. The Hall–Kier alpha value is -0.940. The molecule has 19 heavy (non-hydrogen) atoms. The van der Waals surface area contributed by atoms with Crippen molar-refractivity contribution in [3.63, 3.8) is 0 Å². The Balaban J connectivity index is 2.19. The third kappa shape index (κ3) is 3.34. The molecule has 1 saturated heterocycles. The molecule has 106 valence electrons. The highest BCUT2D eigenvalue weighted by Crippen LogP contribution is 2.20. The molecule has 0 unspecified atom stereocenters. The molecule has 0 radical (unpaired) electrons. The largest absolute Gasteiger partial charge is 0.258 e. The summed E-state index contributed by atoms with van der Waals surface area (Å²) in [6.07, 6.45) is 1.73. The van der Waals surface area contributed by atoms with Gasteiger partial charge in [0.25, 0.3) is 0 Å². The highest BCUT2D eigenvalue weighted by atomic mass is 32.2. The maximum atomic E-state index is 12.0.